The Kier molecular flexibility index (Phi) is 7.99. The van der Waals surface area contributed by atoms with Crippen LogP contribution < -0.4 is 19.1 Å². The Labute approximate surface area is 220 Å². The third kappa shape index (κ3) is 7.02. The zero-order valence-corrected chi connectivity index (χ0v) is 20.1. The predicted molar refractivity (Wildman–Crippen MR) is 123 cm³/mol. The molecule has 1 heterocycles. The summed E-state index contributed by atoms with van der Waals surface area (Å²) in [5.41, 5.74) is 0.762. The van der Waals surface area contributed by atoms with Gasteiger partial charge < -0.3 is 19.1 Å². The molecular weight excluding hydrogens is 564 g/mol. The van der Waals surface area contributed by atoms with Crippen LogP contribution in [0.3, 0.4) is 0 Å². The van der Waals surface area contributed by atoms with Crippen molar-refractivity contribution in [3.05, 3.63) is 72.3 Å². The summed E-state index contributed by atoms with van der Waals surface area (Å²) in [6, 6.07) is 12.9. The van der Waals surface area contributed by atoms with E-state index >= 15 is 0 Å². The molecule has 40 heavy (non-hydrogen) atoms. The van der Waals surface area contributed by atoms with E-state index in [-0.39, 0.29) is 34.7 Å². The van der Waals surface area contributed by atoms with E-state index in [1.807, 2.05) is 0 Å². The van der Waals surface area contributed by atoms with Crippen molar-refractivity contribution in [2.24, 2.45) is 0 Å². The van der Waals surface area contributed by atoms with Crippen LogP contribution in [0.5, 0.6) is 17.2 Å². The highest BCUT2D eigenvalue weighted by Crippen LogP contribution is 2.46. The average molecular weight is 583 g/mol. The molecule has 216 valence electrons. The van der Waals surface area contributed by atoms with Gasteiger partial charge in [-0.05, 0) is 41.5 Å². The van der Waals surface area contributed by atoms with Gasteiger partial charge in [-0.1, -0.05) is 36.4 Å². The second-order valence-electron chi connectivity index (χ2n) is 8.65. The molecule has 1 aliphatic rings. The van der Waals surface area contributed by atoms with Crippen LogP contribution >= 0.6 is 0 Å². The maximum Gasteiger partial charge on any atom is 0.573 e. The third-order valence-corrected chi connectivity index (χ3v) is 5.83. The highest BCUT2D eigenvalue weighted by atomic mass is 19.4. The Morgan fingerprint density at radius 2 is 1.48 bits per heavy atom. The third-order valence-electron chi connectivity index (χ3n) is 5.83. The van der Waals surface area contributed by atoms with Gasteiger partial charge in [0.1, 0.15) is 18.1 Å². The molecule has 4 rings (SSSR count). The zero-order valence-electron chi connectivity index (χ0n) is 20.1. The number of para-hydroxylation sites is 1. The van der Waals surface area contributed by atoms with Crippen molar-refractivity contribution in [1.82, 2.24) is 0 Å². The highest BCUT2D eigenvalue weighted by Gasteiger charge is 2.44. The average Bonchev–Trinajstić information content (AvgIpc) is 2.85. The molecule has 0 unspecified atom stereocenters. The first-order chi connectivity index (χ1) is 18.6. The number of anilines is 1. The van der Waals surface area contributed by atoms with Gasteiger partial charge in [-0.15, -0.1) is 13.2 Å². The van der Waals surface area contributed by atoms with Gasteiger partial charge in [0.25, 0.3) is 0 Å². The normalized spacial score (nSPS) is 16.0. The summed E-state index contributed by atoms with van der Waals surface area (Å²) in [6.07, 6.45) is -19.7. The Morgan fingerprint density at radius 3 is 2.12 bits per heavy atom. The van der Waals surface area contributed by atoms with Gasteiger partial charge in [-0.3, -0.25) is 0 Å². The summed E-state index contributed by atoms with van der Waals surface area (Å²) in [4.78, 5) is 1.30. The number of benzene rings is 3. The zero-order chi connectivity index (χ0) is 29.3. The summed E-state index contributed by atoms with van der Waals surface area (Å²) in [5.74, 6) is -1.09. The lowest BCUT2D eigenvalue weighted by atomic mass is 9.98. The Balaban J connectivity index is 1.73. The number of nitrogens with zero attached hydrogens (tertiary/aromatic N) is 1. The van der Waals surface area contributed by atoms with Crippen molar-refractivity contribution >= 4 is 5.69 Å². The second-order valence-corrected chi connectivity index (χ2v) is 8.65. The van der Waals surface area contributed by atoms with Crippen molar-refractivity contribution in [2.75, 3.05) is 18.1 Å². The largest absolute Gasteiger partial charge is 0.573 e. The molecule has 0 spiro atoms. The lowest BCUT2D eigenvalue weighted by Crippen LogP contribution is -2.39. The van der Waals surface area contributed by atoms with Crippen LogP contribution in [0.4, 0.5) is 49.6 Å². The van der Waals surface area contributed by atoms with E-state index in [0.717, 1.165) is 24.3 Å². The summed E-state index contributed by atoms with van der Waals surface area (Å²) < 4.78 is 144. The molecule has 3 aromatic carbocycles. The highest BCUT2D eigenvalue weighted by molar-refractivity contribution is 5.80. The molecule has 3 aromatic rings. The minimum Gasteiger partial charge on any atom is -0.488 e. The standard InChI is InChI=1S/C26H19F10NO3/c27-23(28)25(32,33)39-17-6-2-5-16(13-17)21-14-38-22-19(15-4-1-7-18(12-15)40-26(34,35)36)8-3-9-20(22)37(21)11-10-24(29,30)31/h1-9,12-13,21,23H,10-11,14H2/t21-/m1/s1. The lowest BCUT2D eigenvalue weighted by Gasteiger charge is -2.40. The van der Waals surface area contributed by atoms with Crippen molar-refractivity contribution in [2.45, 2.75) is 37.5 Å². The van der Waals surface area contributed by atoms with Crippen LogP contribution in [-0.4, -0.2) is 38.2 Å². The number of ether oxygens (including phenoxy) is 3. The fraction of sp³-hybridized carbons (Fsp3) is 0.308. The quantitative estimate of drug-likeness (QED) is 0.250. The van der Waals surface area contributed by atoms with Gasteiger partial charge in [0.2, 0.25) is 0 Å². The van der Waals surface area contributed by atoms with Gasteiger partial charge in [0.05, 0.1) is 18.2 Å². The van der Waals surface area contributed by atoms with Crippen molar-refractivity contribution in [3.8, 4) is 28.4 Å². The number of hydrogen-bond acceptors (Lipinski definition) is 4. The van der Waals surface area contributed by atoms with Gasteiger partial charge >= 0.3 is 25.1 Å². The fourth-order valence-electron chi connectivity index (χ4n) is 4.20. The summed E-state index contributed by atoms with van der Waals surface area (Å²) in [7, 11) is 0. The maximum absolute atomic E-state index is 13.5. The second kappa shape index (κ2) is 11.0. The summed E-state index contributed by atoms with van der Waals surface area (Å²) >= 11 is 0. The topological polar surface area (TPSA) is 30.9 Å². The Morgan fingerprint density at radius 1 is 0.825 bits per heavy atom. The minimum atomic E-state index is -4.95. The van der Waals surface area contributed by atoms with Crippen molar-refractivity contribution < 1.29 is 58.1 Å². The van der Waals surface area contributed by atoms with E-state index in [2.05, 4.69) is 9.47 Å². The Bertz CT molecular complexity index is 1330. The number of halogens is 10. The lowest BCUT2D eigenvalue weighted by molar-refractivity contribution is -0.274. The minimum absolute atomic E-state index is 0.0710. The number of hydrogen-bond donors (Lipinski definition) is 0. The maximum atomic E-state index is 13.5. The molecule has 0 aliphatic carbocycles. The van der Waals surface area contributed by atoms with Crippen LogP contribution in [-0.2, 0) is 0 Å². The number of fused-ring (bicyclic) bond motifs is 1. The van der Waals surface area contributed by atoms with E-state index < -0.39 is 55.6 Å². The molecule has 14 heteroatoms. The van der Waals surface area contributed by atoms with Crippen LogP contribution in [0.1, 0.15) is 18.0 Å². The first kappa shape index (κ1) is 29.2. The molecule has 0 N–H and O–H groups in total. The van der Waals surface area contributed by atoms with Crippen LogP contribution in [0.25, 0.3) is 11.1 Å². The molecule has 0 bridgehead atoms. The number of alkyl halides is 10. The summed E-state index contributed by atoms with van der Waals surface area (Å²) in [6.45, 7) is -0.918. The molecule has 4 nitrogen and oxygen atoms in total. The van der Waals surface area contributed by atoms with Crippen LogP contribution in [0.2, 0.25) is 0 Å². The molecule has 0 fully saturated rings. The van der Waals surface area contributed by atoms with E-state index in [9.17, 15) is 43.9 Å². The first-order valence-electron chi connectivity index (χ1n) is 11.5. The first-order valence-corrected chi connectivity index (χ1v) is 11.5. The molecule has 1 aliphatic heterocycles. The molecule has 1 atom stereocenters. The van der Waals surface area contributed by atoms with E-state index in [0.29, 0.717) is 0 Å². The summed E-state index contributed by atoms with van der Waals surface area (Å²) in [5, 5.41) is 0. The van der Waals surface area contributed by atoms with Crippen LogP contribution in [0, 0.1) is 0 Å². The SMILES string of the molecule is FC(F)C(F)(F)Oc1cccc([C@H]2COc3c(-c4cccc(OC(F)(F)F)c4)cccc3N2CCC(F)(F)F)c1. The van der Waals surface area contributed by atoms with Gasteiger partial charge in [-0.25, -0.2) is 0 Å². The van der Waals surface area contributed by atoms with Crippen LogP contribution in [0.15, 0.2) is 66.7 Å². The van der Waals surface area contributed by atoms with Gasteiger partial charge in [0, 0.05) is 12.1 Å². The van der Waals surface area contributed by atoms with Gasteiger partial charge in [0.15, 0.2) is 5.75 Å². The van der Waals surface area contributed by atoms with E-state index in [4.69, 9.17) is 4.74 Å². The fourth-order valence-corrected chi connectivity index (χ4v) is 4.20. The Hall–Kier alpha value is -3.84. The molecule has 0 saturated carbocycles. The van der Waals surface area contributed by atoms with E-state index in [1.54, 1.807) is 0 Å². The predicted octanol–water partition coefficient (Wildman–Crippen LogP) is 8.38. The smallest absolute Gasteiger partial charge is 0.488 e. The molecule has 0 amide bonds. The molecule has 0 radical (unpaired) electrons. The number of rotatable bonds is 8. The monoisotopic (exact) mass is 583 g/mol. The molecule has 0 saturated heterocycles. The van der Waals surface area contributed by atoms with E-state index in [1.165, 1.54) is 47.4 Å². The molecular formula is C26H19F10NO3. The van der Waals surface area contributed by atoms with Crippen molar-refractivity contribution in [1.29, 1.82) is 0 Å². The molecule has 0 aromatic heterocycles. The van der Waals surface area contributed by atoms with Gasteiger partial charge in [-0.2, -0.15) is 30.7 Å². The van der Waals surface area contributed by atoms with Crippen molar-refractivity contribution in [3.63, 3.8) is 0 Å².